The molecule has 0 aliphatic heterocycles. The molecule has 0 saturated heterocycles. The monoisotopic (exact) mass is 493 g/mol. The Hall–Kier alpha value is -4.91. The van der Waals surface area contributed by atoms with Gasteiger partial charge in [0.25, 0.3) is 11.8 Å². The molecular formula is C30H27N3O4. The second-order valence-corrected chi connectivity index (χ2v) is 8.30. The van der Waals surface area contributed by atoms with E-state index in [1.54, 1.807) is 66.7 Å². The third-order valence-corrected chi connectivity index (χ3v) is 5.71. The fourth-order valence-electron chi connectivity index (χ4n) is 3.77. The first-order chi connectivity index (χ1) is 18.0. The Morgan fingerprint density at radius 1 is 0.676 bits per heavy atom. The van der Waals surface area contributed by atoms with E-state index in [-0.39, 0.29) is 17.7 Å². The zero-order valence-electron chi connectivity index (χ0n) is 20.3. The Morgan fingerprint density at radius 3 is 1.95 bits per heavy atom. The molecule has 0 fully saturated rings. The Morgan fingerprint density at radius 2 is 1.27 bits per heavy atom. The smallest absolute Gasteiger partial charge is 0.255 e. The molecule has 3 amide bonds. The van der Waals surface area contributed by atoms with Crippen molar-refractivity contribution in [1.82, 2.24) is 5.32 Å². The van der Waals surface area contributed by atoms with Crippen LogP contribution < -0.4 is 20.7 Å². The predicted molar refractivity (Wildman–Crippen MR) is 144 cm³/mol. The Labute approximate surface area is 215 Å². The van der Waals surface area contributed by atoms with Crippen LogP contribution >= 0.6 is 0 Å². The fourth-order valence-corrected chi connectivity index (χ4v) is 3.77. The van der Waals surface area contributed by atoms with Gasteiger partial charge >= 0.3 is 0 Å². The number of rotatable bonds is 9. The van der Waals surface area contributed by atoms with Crippen molar-refractivity contribution in [3.05, 3.63) is 126 Å². The van der Waals surface area contributed by atoms with Crippen molar-refractivity contribution in [3.63, 3.8) is 0 Å². The van der Waals surface area contributed by atoms with Crippen molar-refractivity contribution in [2.75, 3.05) is 17.7 Å². The summed E-state index contributed by atoms with van der Waals surface area (Å²) in [5, 5.41) is 8.51. The zero-order chi connectivity index (χ0) is 26.0. The van der Waals surface area contributed by atoms with Crippen LogP contribution in [0.25, 0.3) is 0 Å². The lowest BCUT2D eigenvalue weighted by molar-refractivity contribution is -0.118. The highest BCUT2D eigenvalue weighted by atomic mass is 16.5. The van der Waals surface area contributed by atoms with Crippen LogP contribution in [0.3, 0.4) is 0 Å². The van der Waals surface area contributed by atoms with Crippen LogP contribution in [-0.2, 0) is 11.2 Å². The molecule has 1 atom stereocenters. The maximum absolute atomic E-state index is 13.2. The Balaban J connectivity index is 1.45. The van der Waals surface area contributed by atoms with E-state index >= 15 is 0 Å². The number of para-hydroxylation sites is 2. The highest BCUT2D eigenvalue weighted by molar-refractivity contribution is 6.06. The summed E-state index contributed by atoms with van der Waals surface area (Å²) in [6.45, 7) is 0. The minimum atomic E-state index is -0.802. The van der Waals surface area contributed by atoms with Gasteiger partial charge in [-0.3, -0.25) is 14.4 Å². The first-order valence-corrected chi connectivity index (χ1v) is 11.8. The molecule has 0 unspecified atom stereocenters. The van der Waals surface area contributed by atoms with Crippen LogP contribution in [0.2, 0.25) is 0 Å². The van der Waals surface area contributed by atoms with Crippen LogP contribution in [0.5, 0.6) is 5.75 Å². The lowest BCUT2D eigenvalue weighted by Crippen LogP contribution is -2.45. The largest absolute Gasteiger partial charge is 0.495 e. The van der Waals surface area contributed by atoms with E-state index in [1.807, 2.05) is 42.5 Å². The lowest BCUT2D eigenvalue weighted by atomic mass is 10.0. The molecule has 7 heteroatoms. The molecule has 7 nitrogen and oxygen atoms in total. The van der Waals surface area contributed by atoms with E-state index in [1.165, 1.54) is 7.11 Å². The normalized spacial score (nSPS) is 11.2. The molecule has 0 spiro atoms. The molecule has 4 aromatic carbocycles. The summed E-state index contributed by atoms with van der Waals surface area (Å²) < 4.78 is 5.27. The molecule has 3 N–H and O–H groups in total. The zero-order valence-corrected chi connectivity index (χ0v) is 20.3. The van der Waals surface area contributed by atoms with Crippen LogP contribution in [0.1, 0.15) is 26.3 Å². The number of carbonyl (C=O) groups is 3. The lowest BCUT2D eigenvalue weighted by Gasteiger charge is -2.19. The van der Waals surface area contributed by atoms with E-state index in [2.05, 4.69) is 16.0 Å². The molecule has 37 heavy (non-hydrogen) atoms. The van der Waals surface area contributed by atoms with E-state index < -0.39 is 6.04 Å². The van der Waals surface area contributed by atoms with Gasteiger partial charge < -0.3 is 20.7 Å². The van der Waals surface area contributed by atoms with Crippen molar-refractivity contribution in [3.8, 4) is 5.75 Å². The average molecular weight is 494 g/mol. The van der Waals surface area contributed by atoms with Gasteiger partial charge in [0.1, 0.15) is 11.8 Å². The molecule has 0 aliphatic rings. The van der Waals surface area contributed by atoms with Gasteiger partial charge in [-0.2, -0.15) is 0 Å². The standard InChI is InChI=1S/C30H27N3O4/c1-37-27-15-9-8-14-25(27)32-29(35)23-16-18-24(19-17-23)31-30(36)26(20-21-10-4-2-5-11-21)33-28(34)22-12-6-3-7-13-22/h2-19,26H,20H2,1H3,(H,31,36)(H,32,35)(H,33,34)/t26-/m1/s1. The second-order valence-electron chi connectivity index (χ2n) is 8.30. The van der Waals surface area contributed by atoms with Crippen molar-refractivity contribution in [2.45, 2.75) is 12.5 Å². The van der Waals surface area contributed by atoms with Gasteiger partial charge in [0.15, 0.2) is 0 Å². The van der Waals surface area contributed by atoms with Gasteiger partial charge in [-0.1, -0.05) is 60.7 Å². The molecule has 4 rings (SSSR count). The summed E-state index contributed by atoms with van der Waals surface area (Å²) in [7, 11) is 1.54. The Kier molecular flexibility index (Phi) is 8.29. The molecule has 0 bridgehead atoms. The number of anilines is 2. The first kappa shape index (κ1) is 25.2. The van der Waals surface area contributed by atoms with Crippen LogP contribution in [-0.4, -0.2) is 30.9 Å². The number of benzene rings is 4. The van der Waals surface area contributed by atoms with Crippen molar-refractivity contribution < 1.29 is 19.1 Å². The minimum absolute atomic E-state index is 0.306. The maximum atomic E-state index is 13.2. The predicted octanol–water partition coefficient (Wildman–Crippen LogP) is 4.93. The average Bonchev–Trinajstić information content (AvgIpc) is 2.94. The molecule has 4 aromatic rings. The summed E-state index contributed by atoms with van der Waals surface area (Å²) in [4.78, 5) is 38.7. The van der Waals surface area contributed by atoms with Gasteiger partial charge in [-0.25, -0.2) is 0 Å². The van der Waals surface area contributed by atoms with Crippen molar-refractivity contribution in [1.29, 1.82) is 0 Å². The van der Waals surface area contributed by atoms with Crippen molar-refractivity contribution in [2.24, 2.45) is 0 Å². The number of amides is 3. The molecule has 186 valence electrons. The van der Waals surface area contributed by atoms with Crippen LogP contribution in [0.4, 0.5) is 11.4 Å². The third kappa shape index (κ3) is 6.82. The van der Waals surface area contributed by atoms with Gasteiger partial charge in [0, 0.05) is 23.2 Å². The maximum Gasteiger partial charge on any atom is 0.255 e. The number of hydrogen-bond donors (Lipinski definition) is 3. The molecule has 0 aliphatic carbocycles. The van der Waals surface area contributed by atoms with Gasteiger partial charge in [0.2, 0.25) is 5.91 Å². The molecular weight excluding hydrogens is 466 g/mol. The highest BCUT2D eigenvalue weighted by Crippen LogP contribution is 2.24. The van der Waals surface area contributed by atoms with Crippen LogP contribution in [0.15, 0.2) is 109 Å². The molecule has 0 aromatic heterocycles. The highest BCUT2D eigenvalue weighted by Gasteiger charge is 2.22. The molecule has 0 radical (unpaired) electrons. The molecule has 0 saturated carbocycles. The number of hydrogen-bond acceptors (Lipinski definition) is 4. The first-order valence-electron chi connectivity index (χ1n) is 11.8. The number of methoxy groups -OCH3 is 1. The second kappa shape index (κ2) is 12.2. The minimum Gasteiger partial charge on any atom is -0.495 e. The summed E-state index contributed by atoms with van der Waals surface area (Å²) in [6, 6.07) is 31.1. The number of carbonyl (C=O) groups excluding carboxylic acids is 3. The summed E-state index contributed by atoms with van der Waals surface area (Å²) >= 11 is 0. The molecule has 0 heterocycles. The summed E-state index contributed by atoms with van der Waals surface area (Å²) in [5.41, 5.74) is 2.87. The van der Waals surface area contributed by atoms with Gasteiger partial charge in [0.05, 0.1) is 12.8 Å². The topological polar surface area (TPSA) is 96.5 Å². The fraction of sp³-hybridized carbons (Fsp3) is 0.100. The van der Waals surface area contributed by atoms with Gasteiger partial charge in [-0.15, -0.1) is 0 Å². The SMILES string of the molecule is COc1ccccc1NC(=O)c1ccc(NC(=O)[C@@H](Cc2ccccc2)NC(=O)c2ccccc2)cc1. The summed E-state index contributed by atoms with van der Waals surface area (Å²) in [5.74, 6) is -0.444. The summed E-state index contributed by atoms with van der Waals surface area (Å²) in [6.07, 6.45) is 0.324. The van der Waals surface area contributed by atoms with Crippen molar-refractivity contribution >= 4 is 29.1 Å². The van der Waals surface area contributed by atoms with E-state index in [4.69, 9.17) is 4.74 Å². The van der Waals surface area contributed by atoms with Crippen LogP contribution in [0, 0.1) is 0 Å². The number of nitrogens with one attached hydrogen (secondary N) is 3. The van der Waals surface area contributed by atoms with E-state index in [0.717, 1.165) is 5.56 Å². The quantitative estimate of drug-likeness (QED) is 0.308. The number of ether oxygens (including phenoxy) is 1. The third-order valence-electron chi connectivity index (χ3n) is 5.71. The Bertz CT molecular complexity index is 1360. The van der Waals surface area contributed by atoms with Gasteiger partial charge in [-0.05, 0) is 54.1 Å². The van der Waals surface area contributed by atoms with E-state index in [0.29, 0.717) is 34.7 Å². The van der Waals surface area contributed by atoms with E-state index in [9.17, 15) is 14.4 Å².